The van der Waals surface area contributed by atoms with E-state index in [0.29, 0.717) is 12.2 Å². The minimum absolute atomic E-state index is 0.0501. The molecule has 1 heterocycles. The molecule has 0 saturated carbocycles. The lowest BCUT2D eigenvalue weighted by atomic mass is 10.2. The van der Waals surface area contributed by atoms with Crippen LogP contribution in [0.5, 0.6) is 0 Å². The van der Waals surface area contributed by atoms with E-state index in [4.69, 9.17) is 10.8 Å². The number of carbonyl (C=O) groups excluding carboxylic acids is 1. The zero-order chi connectivity index (χ0) is 13.8. The van der Waals surface area contributed by atoms with Gasteiger partial charge in [0.2, 0.25) is 0 Å². The highest BCUT2D eigenvalue weighted by atomic mass is 32.2. The number of rotatable bonds is 5. The highest BCUT2D eigenvalue weighted by Gasteiger charge is 2.33. The molecule has 1 amide bonds. The van der Waals surface area contributed by atoms with Gasteiger partial charge in [0.25, 0.3) is 5.91 Å². The molecule has 1 aromatic heterocycles. The fraction of sp³-hybridized carbons (Fsp3) is 0.400. The number of amides is 1. The summed E-state index contributed by atoms with van der Waals surface area (Å²) in [5, 5.41) is 8.54. The van der Waals surface area contributed by atoms with Crippen molar-refractivity contribution in [3.05, 3.63) is 23.4 Å². The molecule has 0 atom stereocenters. The third-order valence-electron chi connectivity index (χ3n) is 1.96. The molecule has 0 aliphatic carbocycles. The molecule has 0 unspecified atom stereocenters. The number of aliphatic hydroxyl groups excluding tert-OH is 1. The Morgan fingerprint density at radius 3 is 2.61 bits per heavy atom. The number of hydrogen-bond donors (Lipinski definition) is 2. The number of nitrogens with zero attached hydrogens (tertiary/aromatic N) is 1. The number of thioether (sulfide) groups is 1. The number of pyridine rings is 1. The van der Waals surface area contributed by atoms with Crippen molar-refractivity contribution in [1.29, 1.82) is 0 Å². The maximum atomic E-state index is 12.5. The number of alkyl halides is 3. The SMILES string of the molecule is NC(=O)c1ccc(C(F)(F)F)nc1SCCCO. The summed E-state index contributed by atoms with van der Waals surface area (Å²) in [6.45, 7) is -0.0855. The Kier molecular flexibility index (Phi) is 4.97. The van der Waals surface area contributed by atoms with Crippen molar-refractivity contribution in [1.82, 2.24) is 4.98 Å². The fourth-order valence-corrected chi connectivity index (χ4v) is 2.08. The number of carbonyl (C=O) groups is 1. The lowest BCUT2D eigenvalue weighted by molar-refractivity contribution is -0.141. The van der Waals surface area contributed by atoms with Crippen LogP contribution in [0.2, 0.25) is 0 Å². The topological polar surface area (TPSA) is 76.2 Å². The highest BCUT2D eigenvalue weighted by Crippen LogP contribution is 2.30. The van der Waals surface area contributed by atoms with E-state index in [1.165, 1.54) is 0 Å². The Hall–Kier alpha value is -1.28. The van der Waals surface area contributed by atoms with Crippen LogP contribution in [0.15, 0.2) is 17.2 Å². The zero-order valence-electron chi connectivity index (χ0n) is 9.20. The van der Waals surface area contributed by atoms with Crippen LogP contribution in [0.25, 0.3) is 0 Å². The average Bonchev–Trinajstić information content (AvgIpc) is 2.27. The molecule has 8 heteroatoms. The summed E-state index contributed by atoms with van der Waals surface area (Å²) >= 11 is 0.958. The maximum absolute atomic E-state index is 12.5. The summed E-state index contributed by atoms with van der Waals surface area (Å²) in [7, 11) is 0. The Balaban J connectivity index is 3.04. The number of hydrogen-bond acceptors (Lipinski definition) is 4. The van der Waals surface area contributed by atoms with Crippen LogP contribution in [0.1, 0.15) is 22.5 Å². The average molecular weight is 280 g/mol. The van der Waals surface area contributed by atoms with Gasteiger partial charge in [0.1, 0.15) is 10.7 Å². The van der Waals surface area contributed by atoms with E-state index in [1.54, 1.807) is 0 Å². The number of aliphatic hydroxyl groups is 1. The van der Waals surface area contributed by atoms with Gasteiger partial charge in [-0.15, -0.1) is 11.8 Å². The van der Waals surface area contributed by atoms with Gasteiger partial charge in [-0.2, -0.15) is 13.2 Å². The predicted octanol–water partition coefficient (Wildman–Crippen LogP) is 1.67. The van der Waals surface area contributed by atoms with Crippen molar-refractivity contribution in [3.63, 3.8) is 0 Å². The van der Waals surface area contributed by atoms with Crippen molar-refractivity contribution in [2.75, 3.05) is 12.4 Å². The smallest absolute Gasteiger partial charge is 0.396 e. The molecule has 0 spiro atoms. The summed E-state index contributed by atoms with van der Waals surface area (Å²) in [6.07, 6.45) is -4.18. The van der Waals surface area contributed by atoms with Gasteiger partial charge in [-0.05, 0) is 18.6 Å². The monoisotopic (exact) mass is 280 g/mol. The van der Waals surface area contributed by atoms with Crippen molar-refractivity contribution in [2.45, 2.75) is 17.6 Å². The van der Waals surface area contributed by atoms with Gasteiger partial charge >= 0.3 is 6.18 Å². The van der Waals surface area contributed by atoms with Crippen molar-refractivity contribution >= 4 is 17.7 Å². The largest absolute Gasteiger partial charge is 0.433 e. The van der Waals surface area contributed by atoms with E-state index in [2.05, 4.69) is 4.98 Å². The summed E-state index contributed by atoms with van der Waals surface area (Å²) in [5.41, 5.74) is 3.93. The molecule has 100 valence electrons. The van der Waals surface area contributed by atoms with Crippen LogP contribution in [0.3, 0.4) is 0 Å². The lowest BCUT2D eigenvalue weighted by Crippen LogP contribution is -2.16. The summed E-state index contributed by atoms with van der Waals surface area (Å²) in [4.78, 5) is 14.4. The van der Waals surface area contributed by atoms with Gasteiger partial charge in [0.15, 0.2) is 0 Å². The number of primary amides is 1. The fourth-order valence-electron chi connectivity index (χ4n) is 1.13. The van der Waals surface area contributed by atoms with Gasteiger partial charge < -0.3 is 10.8 Å². The molecule has 0 aliphatic heterocycles. The molecular weight excluding hydrogens is 269 g/mol. The molecule has 0 radical (unpaired) electrons. The maximum Gasteiger partial charge on any atom is 0.433 e. The van der Waals surface area contributed by atoms with Crippen LogP contribution >= 0.6 is 11.8 Å². The van der Waals surface area contributed by atoms with Crippen LogP contribution in [0.4, 0.5) is 13.2 Å². The van der Waals surface area contributed by atoms with Gasteiger partial charge in [-0.3, -0.25) is 4.79 Å². The number of nitrogens with two attached hydrogens (primary N) is 1. The van der Waals surface area contributed by atoms with Gasteiger partial charge in [-0.25, -0.2) is 4.98 Å². The Bertz CT molecular complexity index is 438. The quantitative estimate of drug-likeness (QED) is 0.635. The third-order valence-corrected chi connectivity index (χ3v) is 3.03. The van der Waals surface area contributed by atoms with E-state index in [9.17, 15) is 18.0 Å². The van der Waals surface area contributed by atoms with Crippen LogP contribution in [0, 0.1) is 0 Å². The van der Waals surface area contributed by atoms with E-state index < -0.39 is 17.8 Å². The molecule has 0 aromatic carbocycles. The first-order valence-electron chi connectivity index (χ1n) is 4.98. The lowest BCUT2D eigenvalue weighted by Gasteiger charge is -2.10. The number of aromatic nitrogens is 1. The van der Waals surface area contributed by atoms with Crippen molar-refractivity contribution < 1.29 is 23.1 Å². The molecule has 0 bridgehead atoms. The van der Waals surface area contributed by atoms with Crippen molar-refractivity contribution in [2.24, 2.45) is 5.73 Å². The van der Waals surface area contributed by atoms with E-state index in [1.807, 2.05) is 0 Å². The molecule has 0 saturated heterocycles. The molecule has 0 aliphatic rings. The van der Waals surface area contributed by atoms with E-state index in [0.717, 1.165) is 23.9 Å². The molecular formula is C10H11F3N2O2S. The summed E-state index contributed by atoms with van der Waals surface area (Å²) in [6, 6.07) is 1.73. The standard InChI is InChI=1S/C10H11F3N2O2S/c11-10(12,13)7-3-2-6(8(14)17)9(15-7)18-5-1-4-16/h2-3,16H,1,4-5H2,(H2,14,17). The molecule has 1 rings (SSSR count). The van der Waals surface area contributed by atoms with E-state index in [-0.39, 0.29) is 17.2 Å². The second-order valence-electron chi connectivity index (χ2n) is 3.34. The van der Waals surface area contributed by atoms with Crippen LogP contribution in [-0.2, 0) is 6.18 Å². The van der Waals surface area contributed by atoms with Crippen LogP contribution in [-0.4, -0.2) is 28.4 Å². The minimum atomic E-state index is -4.57. The predicted molar refractivity (Wildman–Crippen MR) is 60.2 cm³/mol. The first-order chi connectivity index (χ1) is 8.36. The first-order valence-corrected chi connectivity index (χ1v) is 5.96. The second-order valence-corrected chi connectivity index (χ2v) is 4.42. The first kappa shape index (κ1) is 14.8. The number of halogens is 3. The van der Waals surface area contributed by atoms with Crippen LogP contribution < -0.4 is 5.73 Å². The van der Waals surface area contributed by atoms with Gasteiger partial charge in [-0.1, -0.05) is 0 Å². The summed E-state index contributed by atoms with van der Waals surface area (Å²) in [5.74, 6) is -0.479. The third kappa shape index (κ3) is 3.88. The molecule has 0 fully saturated rings. The Morgan fingerprint density at radius 1 is 1.44 bits per heavy atom. The zero-order valence-corrected chi connectivity index (χ0v) is 10.0. The molecule has 18 heavy (non-hydrogen) atoms. The molecule has 1 aromatic rings. The Labute approximate surface area is 105 Å². The minimum Gasteiger partial charge on any atom is -0.396 e. The van der Waals surface area contributed by atoms with Gasteiger partial charge in [0, 0.05) is 12.4 Å². The van der Waals surface area contributed by atoms with Crippen molar-refractivity contribution in [3.8, 4) is 0 Å². The molecule has 4 nitrogen and oxygen atoms in total. The highest BCUT2D eigenvalue weighted by molar-refractivity contribution is 7.99. The van der Waals surface area contributed by atoms with Gasteiger partial charge in [0.05, 0.1) is 5.56 Å². The normalized spacial score (nSPS) is 11.6. The Morgan fingerprint density at radius 2 is 2.11 bits per heavy atom. The summed E-state index contributed by atoms with van der Waals surface area (Å²) < 4.78 is 37.4. The molecule has 3 N–H and O–H groups in total. The second kappa shape index (κ2) is 6.05. The van der Waals surface area contributed by atoms with E-state index >= 15 is 0 Å².